The number of nitrogens with zero attached hydrogens (tertiary/aromatic N) is 4. The highest BCUT2D eigenvalue weighted by atomic mass is 16.6. The van der Waals surface area contributed by atoms with E-state index in [1.165, 1.54) is 11.1 Å². The smallest absolute Gasteiger partial charge is 0.408 e. The van der Waals surface area contributed by atoms with Crippen LogP contribution in [0.5, 0.6) is 0 Å². The molecule has 1 atom stereocenters. The lowest BCUT2D eigenvalue weighted by atomic mass is 10.1. The monoisotopic (exact) mass is 401 g/mol. The molecule has 11 heteroatoms. The highest BCUT2D eigenvalue weighted by molar-refractivity contribution is 6.04. The van der Waals surface area contributed by atoms with Gasteiger partial charge in [-0.05, 0) is 32.4 Å². The molecule has 2 aromatic rings. The Morgan fingerprint density at radius 2 is 2.10 bits per heavy atom. The second-order valence-corrected chi connectivity index (χ2v) is 7.50. The lowest BCUT2D eigenvalue weighted by Crippen LogP contribution is -2.51. The number of carbonyl (C=O) groups excluding carboxylic acids is 3. The number of hydrogen-bond acceptors (Lipinski definition) is 7. The minimum Gasteiger partial charge on any atom is -0.444 e. The molecule has 3 amide bonds. The van der Waals surface area contributed by atoms with E-state index in [1.807, 2.05) is 6.07 Å². The Labute approximate surface area is 167 Å². The minimum atomic E-state index is -0.778. The van der Waals surface area contributed by atoms with Gasteiger partial charge in [-0.15, -0.1) is 0 Å². The van der Waals surface area contributed by atoms with Crippen molar-refractivity contribution in [3.63, 3.8) is 0 Å². The van der Waals surface area contributed by atoms with Crippen LogP contribution >= 0.6 is 0 Å². The van der Waals surface area contributed by atoms with Crippen LogP contribution in [0.4, 0.5) is 10.6 Å². The van der Waals surface area contributed by atoms with Crippen molar-refractivity contribution >= 4 is 23.7 Å². The number of carbonyl (C=O) groups is 3. The Bertz CT molecular complexity index is 892. The Morgan fingerprint density at radius 3 is 2.79 bits per heavy atom. The average Bonchev–Trinajstić information content (AvgIpc) is 3.30. The largest absolute Gasteiger partial charge is 0.444 e. The van der Waals surface area contributed by atoms with E-state index >= 15 is 0 Å². The summed E-state index contributed by atoms with van der Waals surface area (Å²) in [6.45, 7) is 5.03. The summed E-state index contributed by atoms with van der Waals surface area (Å²) in [7, 11) is 0. The third-order valence-electron chi connectivity index (χ3n) is 4.08. The Balaban J connectivity index is 1.69. The topological polar surface area (TPSA) is 142 Å². The molecule has 0 aliphatic carbocycles. The maximum Gasteiger partial charge on any atom is 0.408 e. The van der Waals surface area contributed by atoms with E-state index < -0.39 is 23.6 Å². The number of rotatable bonds is 5. The van der Waals surface area contributed by atoms with E-state index in [-0.39, 0.29) is 19.0 Å². The Morgan fingerprint density at radius 1 is 1.31 bits per heavy atom. The second-order valence-electron chi connectivity index (χ2n) is 7.50. The molecule has 3 rings (SSSR count). The van der Waals surface area contributed by atoms with Crippen molar-refractivity contribution in [3.05, 3.63) is 35.8 Å². The molecule has 2 aromatic heterocycles. The van der Waals surface area contributed by atoms with Crippen molar-refractivity contribution < 1.29 is 19.1 Å². The van der Waals surface area contributed by atoms with Crippen LogP contribution in [0, 0.1) is 0 Å². The van der Waals surface area contributed by atoms with E-state index in [4.69, 9.17) is 4.74 Å². The Hall–Kier alpha value is -3.50. The predicted molar refractivity (Wildman–Crippen MR) is 102 cm³/mol. The van der Waals surface area contributed by atoms with Crippen LogP contribution in [-0.2, 0) is 27.3 Å². The number of amides is 3. The van der Waals surface area contributed by atoms with E-state index in [9.17, 15) is 14.4 Å². The highest BCUT2D eigenvalue weighted by Crippen LogP contribution is 2.30. The van der Waals surface area contributed by atoms with E-state index in [0.717, 1.165) is 5.56 Å². The molecule has 0 unspecified atom stereocenters. The summed E-state index contributed by atoms with van der Waals surface area (Å²) in [4.78, 5) is 43.0. The molecule has 29 heavy (non-hydrogen) atoms. The fraction of sp³-hybridized carbons (Fsp3) is 0.444. The molecular weight excluding hydrogens is 378 g/mol. The highest BCUT2D eigenvalue weighted by Gasteiger charge is 2.39. The van der Waals surface area contributed by atoms with Gasteiger partial charge in [0.15, 0.2) is 0 Å². The first-order valence-corrected chi connectivity index (χ1v) is 9.10. The molecule has 3 N–H and O–H groups in total. The van der Waals surface area contributed by atoms with Crippen LogP contribution < -0.4 is 15.5 Å². The number of H-pyrrole nitrogens is 1. The fourth-order valence-corrected chi connectivity index (χ4v) is 2.91. The number of aromatic amines is 1. The van der Waals surface area contributed by atoms with Gasteiger partial charge in [-0.1, -0.05) is 6.07 Å². The van der Waals surface area contributed by atoms with Crippen LogP contribution in [0.1, 0.15) is 32.0 Å². The number of hydrogen-bond donors (Lipinski definition) is 3. The number of alkyl carbamates (subject to hydrolysis) is 1. The van der Waals surface area contributed by atoms with Crippen molar-refractivity contribution in [2.75, 3.05) is 11.4 Å². The van der Waals surface area contributed by atoms with E-state index in [1.54, 1.807) is 33.0 Å². The van der Waals surface area contributed by atoms with Crippen LogP contribution in [0.2, 0.25) is 0 Å². The molecule has 0 saturated heterocycles. The molecule has 0 bridgehead atoms. The summed E-state index contributed by atoms with van der Waals surface area (Å²) >= 11 is 0. The van der Waals surface area contributed by atoms with Crippen molar-refractivity contribution in [2.45, 2.75) is 45.4 Å². The van der Waals surface area contributed by atoms with Gasteiger partial charge in [0.2, 0.25) is 11.8 Å². The number of ether oxygens (including phenoxy) is 1. The number of nitrogens with one attached hydrogen (secondary N) is 3. The summed E-state index contributed by atoms with van der Waals surface area (Å²) in [6, 6.07) is 2.78. The molecule has 154 valence electrons. The molecular formula is C18H23N7O4. The molecule has 11 nitrogen and oxygen atoms in total. The maximum absolute atomic E-state index is 12.8. The maximum atomic E-state index is 12.8. The van der Waals surface area contributed by atoms with Gasteiger partial charge in [-0.2, -0.15) is 15.4 Å². The van der Waals surface area contributed by atoms with Gasteiger partial charge in [0.25, 0.3) is 0 Å². The van der Waals surface area contributed by atoms with E-state index in [0.29, 0.717) is 17.9 Å². The number of fused-ring (bicyclic) bond motifs is 1. The van der Waals surface area contributed by atoms with Crippen molar-refractivity contribution in [1.82, 2.24) is 31.0 Å². The molecule has 0 spiro atoms. The zero-order valence-electron chi connectivity index (χ0n) is 16.4. The van der Waals surface area contributed by atoms with Gasteiger partial charge in [0.1, 0.15) is 29.7 Å². The summed E-state index contributed by atoms with van der Waals surface area (Å²) in [5, 5.41) is 15.2. The summed E-state index contributed by atoms with van der Waals surface area (Å²) in [5.41, 5.74) is 0.662. The van der Waals surface area contributed by atoms with Crippen LogP contribution in [0.3, 0.4) is 0 Å². The zero-order chi connectivity index (χ0) is 21.0. The third kappa shape index (κ3) is 5.06. The van der Waals surface area contributed by atoms with Crippen molar-refractivity contribution in [1.29, 1.82) is 0 Å². The zero-order valence-corrected chi connectivity index (χ0v) is 16.4. The predicted octanol–water partition coefficient (Wildman–Crippen LogP) is 0.299. The second kappa shape index (κ2) is 8.25. The molecule has 0 saturated carbocycles. The van der Waals surface area contributed by atoms with Gasteiger partial charge in [0.05, 0.1) is 12.7 Å². The molecule has 0 radical (unpaired) electrons. The van der Waals surface area contributed by atoms with E-state index in [2.05, 4.69) is 31.0 Å². The van der Waals surface area contributed by atoms with Gasteiger partial charge in [0, 0.05) is 12.6 Å². The Kier molecular flexibility index (Phi) is 5.76. The first-order chi connectivity index (χ1) is 13.7. The first-order valence-electron chi connectivity index (χ1n) is 9.10. The lowest BCUT2D eigenvalue weighted by molar-refractivity contribution is -0.126. The number of pyridine rings is 1. The summed E-state index contributed by atoms with van der Waals surface area (Å²) in [6.07, 6.45) is 2.67. The molecule has 0 aromatic carbocycles. The molecule has 3 heterocycles. The van der Waals surface area contributed by atoms with Gasteiger partial charge < -0.3 is 15.4 Å². The van der Waals surface area contributed by atoms with Gasteiger partial charge in [-0.3, -0.25) is 14.5 Å². The van der Waals surface area contributed by atoms with Crippen molar-refractivity contribution in [2.24, 2.45) is 0 Å². The number of aromatic nitrogens is 4. The summed E-state index contributed by atoms with van der Waals surface area (Å²) in [5.74, 6) is -0.406. The lowest BCUT2D eigenvalue weighted by Gasteiger charge is -2.24. The summed E-state index contributed by atoms with van der Waals surface area (Å²) < 4.78 is 5.14. The quantitative estimate of drug-likeness (QED) is 0.654. The third-order valence-corrected chi connectivity index (χ3v) is 4.08. The van der Waals surface area contributed by atoms with Gasteiger partial charge >= 0.3 is 6.09 Å². The SMILES string of the molecule is CC(C)(C)OC(=O)NCC(=O)N1c2ncccc2C[C@H]1C(=O)NCc1cn[nH]n1. The average molecular weight is 401 g/mol. The normalized spacial score (nSPS) is 15.6. The molecule has 1 aliphatic rings. The first kappa shape index (κ1) is 20.2. The fourth-order valence-electron chi connectivity index (χ4n) is 2.91. The molecule has 0 fully saturated rings. The standard InChI is InChI=1S/C18H23N7O4/c1-18(2,3)29-17(28)21-10-14(26)25-13(7-11-5-4-6-19-15(11)25)16(27)20-8-12-9-22-24-23-12/h4-6,9,13H,7-8,10H2,1-3H3,(H,20,27)(H,21,28)(H,22,23,24)/t13-/m0/s1. The minimum absolute atomic E-state index is 0.174. The number of anilines is 1. The van der Waals surface area contributed by atoms with Crippen LogP contribution in [-0.4, -0.2) is 56.5 Å². The van der Waals surface area contributed by atoms with Gasteiger partial charge in [-0.25, -0.2) is 9.78 Å². The van der Waals surface area contributed by atoms with Crippen LogP contribution in [0.25, 0.3) is 0 Å². The molecule has 1 aliphatic heterocycles. The van der Waals surface area contributed by atoms with Crippen LogP contribution in [0.15, 0.2) is 24.5 Å². The van der Waals surface area contributed by atoms with Crippen molar-refractivity contribution in [3.8, 4) is 0 Å².